The first kappa shape index (κ1) is 21.8. The zero-order valence-corrected chi connectivity index (χ0v) is 17.9. The van der Waals surface area contributed by atoms with Crippen LogP contribution in [-0.2, 0) is 22.6 Å². The van der Waals surface area contributed by atoms with E-state index in [4.69, 9.17) is 9.47 Å². The molecular weight excluding hydrogens is 402 g/mol. The van der Waals surface area contributed by atoms with Crippen molar-refractivity contribution in [2.24, 2.45) is 0 Å². The van der Waals surface area contributed by atoms with Crippen LogP contribution in [0.1, 0.15) is 11.1 Å². The summed E-state index contributed by atoms with van der Waals surface area (Å²) in [6.45, 7) is 2.07. The lowest BCUT2D eigenvalue weighted by Crippen LogP contribution is -2.34. The summed E-state index contributed by atoms with van der Waals surface area (Å²) in [7, 11) is 3.27. The Bertz CT molecular complexity index is 918. The molecular formula is C21H25N5O3S. The molecule has 2 aromatic carbocycles. The first-order chi connectivity index (χ1) is 14.7. The molecule has 0 atom stereocenters. The summed E-state index contributed by atoms with van der Waals surface area (Å²) in [5, 5.41) is 12.5. The van der Waals surface area contributed by atoms with E-state index in [1.165, 1.54) is 11.8 Å². The van der Waals surface area contributed by atoms with Crippen molar-refractivity contribution in [2.45, 2.75) is 18.2 Å². The number of carbonyl (C=O) groups is 1. The van der Waals surface area contributed by atoms with Crippen LogP contribution in [0.5, 0.6) is 5.75 Å². The molecule has 9 heteroatoms. The number of hydrogen-bond donors (Lipinski definition) is 0. The number of carbonyl (C=O) groups excluding carboxylic acids is 1. The zero-order chi connectivity index (χ0) is 21.2. The fourth-order valence-electron chi connectivity index (χ4n) is 2.82. The molecule has 0 N–H and O–H groups in total. The van der Waals surface area contributed by atoms with Crippen LogP contribution in [0.2, 0.25) is 0 Å². The molecule has 0 fully saturated rings. The second kappa shape index (κ2) is 11.3. The van der Waals surface area contributed by atoms with Crippen LogP contribution in [0.15, 0.2) is 59.8 Å². The maximum atomic E-state index is 12.8. The van der Waals surface area contributed by atoms with E-state index < -0.39 is 0 Å². The monoisotopic (exact) mass is 427 g/mol. The van der Waals surface area contributed by atoms with Crippen molar-refractivity contribution in [3.63, 3.8) is 0 Å². The minimum absolute atomic E-state index is 0.0138. The number of ether oxygens (including phenoxy) is 2. The Hall–Kier alpha value is -2.91. The van der Waals surface area contributed by atoms with Crippen LogP contribution in [0.25, 0.3) is 0 Å². The Labute approximate surface area is 180 Å². The van der Waals surface area contributed by atoms with Gasteiger partial charge in [-0.1, -0.05) is 54.2 Å². The van der Waals surface area contributed by atoms with E-state index in [-0.39, 0.29) is 11.7 Å². The highest BCUT2D eigenvalue weighted by atomic mass is 32.2. The van der Waals surface area contributed by atoms with Crippen LogP contribution in [0.3, 0.4) is 0 Å². The minimum Gasteiger partial charge on any atom is -0.497 e. The first-order valence-corrected chi connectivity index (χ1v) is 10.5. The molecule has 1 amide bonds. The summed E-state index contributed by atoms with van der Waals surface area (Å²) in [5.74, 6) is 1.06. The normalized spacial score (nSPS) is 10.7. The fraction of sp³-hybridized carbons (Fsp3) is 0.333. The molecule has 3 rings (SSSR count). The summed E-state index contributed by atoms with van der Waals surface area (Å²) in [4.78, 5) is 14.6. The Kier molecular flexibility index (Phi) is 8.22. The van der Waals surface area contributed by atoms with Crippen molar-refractivity contribution in [2.75, 3.05) is 33.1 Å². The molecule has 1 heterocycles. The summed E-state index contributed by atoms with van der Waals surface area (Å²) in [5.41, 5.74) is 2.12. The zero-order valence-electron chi connectivity index (χ0n) is 17.1. The predicted molar refractivity (Wildman–Crippen MR) is 114 cm³/mol. The topological polar surface area (TPSA) is 82.4 Å². The molecule has 0 aliphatic rings. The number of aromatic nitrogens is 4. The Morgan fingerprint density at radius 1 is 1.07 bits per heavy atom. The van der Waals surface area contributed by atoms with Crippen molar-refractivity contribution in [1.82, 2.24) is 25.1 Å². The van der Waals surface area contributed by atoms with Gasteiger partial charge in [0.2, 0.25) is 11.1 Å². The van der Waals surface area contributed by atoms with E-state index in [0.717, 1.165) is 16.9 Å². The number of thioether (sulfide) groups is 1. The average molecular weight is 428 g/mol. The highest BCUT2D eigenvalue weighted by molar-refractivity contribution is 7.99. The van der Waals surface area contributed by atoms with Crippen molar-refractivity contribution < 1.29 is 14.3 Å². The minimum atomic E-state index is 0.0138. The van der Waals surface area contributed by atoms with Crippen molar-refractivity contribution in [1.29, 1.82) is 0 Å². The van der Waals surface area contributed by atoms with E-state index in [1.807, 2.05) is 54.6 Å². The van der Waals surface area contributed by atoms with Gasteiger partial charge < -0.3 is 14.4 Å². The van der Waals surface area contributed by atoms with Crippen molar-refractivity contribution in [3.05, 3.63) is 65.7 Å². The van der Waals surface area contributed by atoms with Crippen molar-refractivity contribution in [3.8, 4) is 5.75 Å². The van der Waals surface area contributed by atoms with Gasteiger partial charge in [-0.05, 0) is 33.7 Å². The summed E-state index contributed by atoms with van der Waals surface area (Å²) < 4.78 is 12.0. The lowest BCUT2D eigenvalue weighted by molar-refractivity contribution is -0.129. The van der Waals surface area contributed by atoms with Gasteiger partial charge in [0.05, 0.1) is 26.0 Å². The van der Waals surface area contributed by atoms with Gasteiger partial charge in [-0.15, -0.1) is 5.10 Å². The third-order valence-corrected chi connectivity index (χ3v) is 5.39. The molecule has 0 spiro atoms. The van der Waals surface area contributed by atoms with Gasteiger partial charge in [-0.3, -0.25) is 4.79 Å². The van der Waals surface area contributed by atoms with E-state index in [9.17, 15) is 4.79 Å². The molecule has 158 valence electrons. The average Bonchev–Trinajstić information content (AvgIpc) is 3.23. The summed E-state index contributed by atoms with van der Waals surface area (Å²) in [6, 6.07) is 17.6. The number of tetrazole rings is 1. The number of rotatable bonds is 11. The summed E-state index contributed by atoms with van der Waals surface area (Å²) >= 11 is 1.33. The maximum absolute atomic E-state index is 12.8. The molecule has 1 aromatic heterocycles. The highest BCUT2D eigenvalue weighted by Crippen LogP contribution is 2.18. The number of methoxy groups -OCH3 is 2. The third-order valence-electron chi connectivity index (χ3n) is 4.45. The van der Waals surface area contributed by atoms with Crippen molar-refractivity contribution >= 4 is 17.7 Å². The molecule has 0 aliphatic heterocycles. The van der Waals surface area contributed by atoms with E-state index >= 15 is 0 Å². The first-order valence-electron chi connectivity index (χ1n) is 9.52. The number of benzene rings is 2. The predicted octanol–water partition coefficient (Wildman–Crippen LogP) is 2.50. The van der Waals surface area contributed by atoms with Gasteiger partial charge in [0.15, 0.2) is 0 Å². The second-order valence-corrected chi connectivity index (χ2v) is 7.49. The number of nitrogens with zero attached hydrogens (tertiary/aromatic N) is 5. The van der Waals surface area contributed by atoms with E-state index in [1.54, 1.807) is 23.8 Å². The van der Waals surface area contributed by atoms with Gasteiger partial charge in [0.25, 0.3) is 0 Å². The molecule has 0 saturated carbocycles. The number of amides is 1. The summed E-state index contributed by atoms with van der Waals surface area (Å²) in [6.07, 6.45) is 0. The van der Waals surface area contributed by atoms with Gasteiger partial charge >= 0.3 is 0 Å². The van der Waals surface area contributed by atoms with E-state index in [2.05, 4.69) is 15.5 Å². The molecule has 0 unspecified atom stereocenters. The molecule has 0 saturated heterocycles. The molecule has 30 heavy (non-hydrogen) atoms. The van der Waals surface area contributed by atoms with Gasteiger partial charge in [-0.2, -0.15) is 0 Å². The Balaban J connectivity index is 1.60. The van der Waals surface area contributed by atoms with Gasteiger partial charge in [-0.25, -0.2) is 4.68 Å². The molecule has 0 bridgehead atoms. The Morgan fingerprint density at radius 3 is 2.53 bits per heavy atom. The van der Waals surface area contributed by atoms with Crippen LogP contribution in [0.4, 0.5) is 0 Å². The second-order valence-electron chi connectivity index (χ2n) is 6.55. The lowest BCUT2D eigenvalue weighted by atomic mass is 10.2. The standard InChI is InChI=1S/C21H25N5O3S/c1-28-13-12-25(14-17-6-4-3-5-7-17)20(27)16-30-21-22-23-24-26(21)15-18-8-10-19(29-2)11-9-18/h3-11H,12-16H2,1-2H3. The third kappa shape index (κ3) is 6.30. The highest BCUT2D eigenvalue weighted by Gasteiger charge is 2.17. The molecule has 0 aliphatic carbocycles. The smallest absolute Gasteiger partial charge is 0.233 e. The Morgan fingerprint density at radius 2 is 1.83 bits per heavy atom. The van der Waals surface area contributed by atoms with Gasteiger partial charge in [0, 0.05) is 20.2 Å². The van der Waals surface area contributed by atoms with E-state index in [0.29, 0.717) is 31.4 Å². The lowest BCUT2D eigenvalue weighted by Gasteiger charge is -2.22. The van der Waals surface area contributed by atoms with Gasteiger partial charge in [0.1, 0.15) is 5.75 Å². The molecule has 8 nitrogen and oxygen atoms in total. The fourth-order valence-corrected chi connectivity index (χ4v) is 3.60. The maximum Gasteiger partial charge on any atom is 0.233 e. The molecule has 3 aromatic rings. The quantitative estimate of drug-likeness (QED) is 0.435. The van der Waals surface area contributed by atoms with Crippen LogP contribution in [0, 0.1) is 0 Å². The number of hydrogen-bond acceptors (Lipinski definition) is 7. The van der Waals surface area contributed by atoms with Crippen LogP contribution < -0.4 is 4.74 Å². The largest absolute Gasteiger partial charge is 0.497 e. The van der Waals surface area contributed by atoms with Crippen LogP contribution >= 0.6 is 11.8 Å². The SMILES string of the molecule is COCCN(Cc1ccccc1)C(=O)CSc1nnnn1Cc1ccc(OC)cc1. The molecule has 0 radical (unpaired) electrons. The van der Waals surface area contributed by atoms with Crippen LogP contribution in [-0.4, -0.2) is 64.1 Å².